The van der Waals surface area contributed by atoms with Gasteiger partial charge in [-0.2, -0.15) is 5.26 Å². The summed E-state index contributed by atoms with van der Waals surface area (Å²) in [5.74, 6) is 0.244. The van der Waals surface area contributed by atoms with E-state index in [1.54, 1.807) is 0 Å². The lowest BCUT2D eigenvalue weighted by molar-refractivity contribution is -0.120. The highest BCUT2D eigenvalue weighted by Gasteiger charge is 2.30. The fraction of sp³-hybridized carbons (Fsp3) is 0.714. The molecule has 0 radical (unpaired) electrons. The van der Waals surface area contributed by atoms with Gasteiger partial charge >= 0.3 is 0 Å². The van der Waals surface area contributed by atoms with E-state index < -0.39 is 0 Å². The predicted molar refractivity (Wildman–Crippen MR) is 32.5 cm³/mol. The molecule has 0 bridgehead atoms. The Kier molecular flexibility index (Phi) is 1.52. The van der Waals surface area contributed by atoms with Crippen LogP contribution in [0, 0.1) is 23.2 Å². The zero-order valence-electron chi connectivity index (χ0n) is 5.42. The van der Waals surface area contributed by atoms with E-state index in [9.17, 15) is 4.79 Å². The number of ketones is 1. The standard InChI is InChI=1S/C7H9NO/c1-5-6(4-8)2-3-7(5)9/h5-6H,2-3H2,1H3/t5-,6+/m1/s1. The first-order valence-corrected chi connectivity index (χ1v) is 3.18. The van der Waals surface area contributed by atoms with Crippen LogP contribution >= 0.6 is 0 Å². The highest BCUT2D eigenvalue weighted by Crippen LogP contribution is 2.26. The number of hydrogen-bond acceptors (Lipinski definition) is 2. The molecule has 0 saturated heterocycles. The fourth-order valence-corrected chi connectivity index (χ4v) is 1.18. The van der Waals surface area contributed by atoms with Gasteiger partial charge in [-0.1, -0.05) is 6.92 Å². The maximum Gasteiger partial charge on any atom is 0.137 e. The van der Waals surface area contributed by atoms with Crippen LogP contribution in [0.4, 0.5) is 0 Å². The highest BCUT2D eigenvalue weighted by atomic mass is 16.1. The van der Waals surface area contributed by atoms with Crippen molar-refractivity contribution in [3.63, 3.8) is 0 Å². The van der Waals surface area contributed by atoms with E-state index in [2.05, 4.69) is 6.07 Å². The molecule has 0 spiro atoms. The Balaban J connectivity index is 2.64. The molecule has 2 nitrogen and oxygen atoms in total. The molecule has 0 aromatic carbocycles. The maximum atomic E-state index is 10.8. The van der Waals surface area contributed by atoms with Gasteiger partial charge in [-0.3, -0.25) is 4.79 Å². The van der Waals surface area contributed by atoms with Crippen LogP contribution in [0.2, 0.25) is 0 Å². The monoisotopic (exact) mass is 123 g/mol. The summed E-state index contributed by atoms with van der Waals surface area (Å²) in [7, 11) is 0. The summed E-state index contributed by atoms with van der Waals surface area (Å²) in [6, 6.07) is 2.12. The van der Waals surface area contributed by atoms with Crippen LogP contribution in [0.3, 0.4) is 0 Å². The van der Waals surface area contributed by atoms with Gasteiger partial charge in [-0.25, -0.2) is 0 Å². The summed E-state index contributed by atoms with van der Waals surface area (Å²) in [6.07, 6.45) is 1.38. The second-order valence-electron chi connectivity index (χ2n) is 2.53. The molecule has 0 aromatic rings. The van der Waals surface area contributed by atoms with Crippen LogP contribution in [0.1, 0.15) is 19.8 Å². The first-order chi connectivity index (χ1) is 4.25. The molecule has 0 aliphatic heterocycles. The summed E-state index contributed by atoms with van der Waals surface area (Å²) in [4.78, 5) is 10.8. The Hall–Kier alpha value is -0.840. The Morgan fingerprint density at radius 2 is 2.44 bits per heavy atom. The molecule has 0 amide bonds. The third kappa shape index (κ3) is 0.951. The van der Waals surface area contributed by atoms with Gasteiger partial charge in [0, 0.05) is 12.3 Å². The first kappa shape index (κ1) is 6.28. The largest absolute Gasteiger partial charge is 0.299 e. The van der Waals surface area contributed by atoms with Gasteiger partial charge in [0.25, 0.3) is 0 Å². The van der Waals surface area contributed by atoms with Crippen molar-refractivity contribution in [1.82, 2.24) is 0 Å². The van der Waals surface area contributed by atoms with Crippen molar-refractivity contribution < 1.29 is 4.79 Å². The van der Waals surface area contributed by atoms with Gasteiger partial charge in [-0.05, 0) is 6.42 Å². The van der Waals surface area contributed by atoms with Gasteiger partial charge < -0.3 is 0 Å². The molecule has 1 aliphatic carbocycles. The van der Waals surface area contributed by atoms with E-state index in [4.69, 9.17) is 5.26 Å². The molecule has 1 aliphatic rings. The molecule has 0 N–H and O–H groups in total. The van der Waals surface area contributed by atoms with Crippen LogP contribution in [-0.2, 0) is 4.79 Å². The molecule has 1 fully saturated rings. The Bertz CT molecular complexity index is 168. The number of nitriles is 1. The average molecular weight is 123 g/mol. The average Bonchev–Trinajstić information content (AvgIpc) is 2.15. The molecule has 1 rings (SSSR count). The van der Waals surface area contributed by atoms with Gasteiger partial charge in [0.05, 0.1) is 12.0 Å². The van der Waals surface area contributed by atoms with Gasteiger partial charge in [0.1, 0.15) is 5.78 Å². The second kappa shape index (κ2) is 2.18. The third-order valence-electron chi connectivity index (χ3n) is 1.98. The maximum absolute atomic E-state index is 10.8. The third-order valence-corrected chi connectivity index (χ3v) is 1.98. The van der Waals surface area contributed by atoms with E-state index in [0.717, 1.165) is 6.42 Å². The molecular weight excluding hydrogens is 114 g/mol. The first-order valence-electron chi connectivity index (χ1n) is 3.18. The molecule has 1 saturated carbocycles. The van der Waals surface area contributed by atoms with Crippen molar-refractivity contribution in [2.24, 2.45) is 11.8 Å². The quantitative estimate of drug-likeness (QED) is 0.484. The van der Waals surface area contributed by atoms with Crippen molar-refractivity contribution in [3.8, 4) is 6.07 Å². The topological polar surface area (TPSA) is 40.9 Å². The van der Waals surface area contributed by atoms with Crippen LogP contribution in [0.25, 0.3) is 0 Å². The number of carbonyl (C=O) groups excluding carboxylic acids is 1. The van der Waals surface area contributed by atoms with Crippen molar-refractivity contribution in [3.05, 3.63) is 0 Å². The molecular formula is C7H9NO. The van der Waals surface area contributed by atoms with E-state index in [1.165, 1.54) is 0 Å². The van der Waals surface area contributed by atoms with Gasteiger partial charge in [0.15, 0.2) is 0 Å². The minimum absolute atomic E-state index is 0.00231. The van der Waals surface area contributed by atoms with Crippen LogP contribution in [-0.4, -0.2) is 5.78 Å². The van der Waals surface area contributed by atoms with Crippen molar-refractivity contribution >= 4 is 5.78 Å². The zero-order valence-corrected chi connectivity index (χ0v) is 5.42. The Morgan fingerprint density at radius 1 is 1.78 bits per heavy atom. The van der Waals surface area contributed by atoms with E-state index in [-0.39, 0.29) is 17.6 Å². The van der Waals surface area contributed by atoms with Crippen molar-refractivity contribution in [1.29, 1.82) is 5.26 Å². The fourth-order valence-electron chi connectivity index (χ4n) is 1.18. The normalized spacial score (nSPS) is 34.4. The van der Waals surface area contributed by atoms with Crippen LogP contribution in [0.5, 0.6) is 0 Å². The molecule has 9 heavy (non-hydrogen) atoms. The number of rotatable bonds is 0. The summed E-state index contributed by atoms with van der Waals surface area (Å²) < 4.78 is 0. The van der Waals surface area contributed by atoms with Gasteiger partial charge in [-0.15, -0.1) is 0 Å². The van der Waals surface area contributed by atoms with Crippen LogP contribution in [0.15, 0.2) is 0 Å². The van der Waals surface area contributed by atoms with Crippen molar-refractivity contribution in [2.45, 2.75) is 19.8 Å². The van der Waals surface area contributed by atoms with Gasteiger partial charge in [0.2, 0.25) is 0 Å². The Labute approximate surface area is 54.5 Å². The van der Waals surface area contributed by atoms with Crippen molar-refractivity contribution in [2.75, 3.05) is 0 Å². The number of carbonyl (C=O) groups is 1. The summed E-state index contributed by atoms with van der Waals surface area (Å²) in [6.45, 7) is 1.84. The lowest BCUT2D eigenvalue weighted by Crippen LogP contribution is -2.07. The molecule has 2 atom stereocenters. The van der Waals surface area contributed by atoms with E-state index >= 15 is 0 Å². The zero-order chi connectivity index (χ0) is 6.85. The Morgan fingerprint density at radius 3 is 2.67 bits per heavy atom. The predicted octanol–water partition coefficient (Wildman–Crippen LogP) is 1.13. The minimum atomic E-state index is -0.00463. The SMILES string of the molecule is C[C@H]1C(=O)CC[C@H]1C#N. The molecule has 48 valence electrons. The molecule has 0 heterocycles. The van der Waals surface area contributed by atoms with E-state index in [1.807, 2.05) is 6.92 Å². The van der Waals surface area contributed by atoms with Crippen LogP contribution < -0.4 is 0 Å². The lowest BCUT2D eigenvalue weighted by atomic mass is 10.00. The number of Topliss-reactive ketones (excluding diaryl/α,β-unsaturated/α-hetero) is 1. The smallest absolute Gasteiger partial charge is 0.137 e. The molecule has 0 aromatic heterocycles. The van der Waals surface area contributed by atoms with E-state index in [0.29, 0.717) is 6.42 Å². The summed E-state index contributed by atoms with van der Waals surface area (Å²) in [5.41, 5.74) is 0. The molecule has 0 unspecified atom stereocenters. The second-order valence-corrected chi connectivity index (χ2v) is 2.53. The summed E-state index contributed by atoms with van der Waals surface area (Å²) >= 11 is 0. The highest BCUT2D eigenvalue weighted by molar-refractivity contribution is 5.83. The number of hydrogen-bond donors (Lipinski definition) is 0. The number of nitrogens with zero attached hydrogens (tertiary/aromatic N) is 1. The lowest BCUT2D eigenvalue weighted by Gasteiger charge is -2.00. The summed E-state index contributed by atoms with van der Waals surface area (Å²) in [5, 5.41) is 8.45. The minimum Gasteiger partial charge on any atom is -0.299 e. The molecule has 2 heteroatoms.